The minimum Gasteiger partial charge on any atom is -0.497 e. The lowest BCUT2D eigenvalue weighted by Crippen LogP contribution is -2.34. The van der Waals surface area contributed by atoms with Crippen LogP contribution in [0, 0.1) is 5.82 Å². The summed E-state index contributed by atoms with van der Waals surface area (Å²) in [7, 11) is 3.12. The minimum atomic E-state index is -0.286. The van der Waals surface area contributed by atoms with Crippen LogP contribution in [-0.4, -0.2) is 37.4 Å². The summed E-state index contributed by atoms with van der Waals surface area (Å²) in [6.45, 7) is 0.625. The van der Waals surface area contributed by atoms with E-state index in [9.17, 15) is 9.18 Å². The molecule has 1 saturated heterocycles. The number of hydrogen-bond donors (Lipinski definition) is 1. The Kier molecular flexibility index (Phi) is 5.33. The second-order valence-electron chi connectivity index (χ2n) is 5.50. The summed E-state index contributed by atoms with van der Waals surface area (Å²) < 4.78 is 23.6. The van der Waals surface area contributed by atoms with Crippen LogP contribution in [0.25, 0.3) is 0 Å². The maximum atomic E-state index is 13.1. The number of hydrogen-bond acceptors (Lipinski definition) is 4. The molecule has 7 heteroatoms. The molecule has 0 aliphatic carbocycles. The third kappa shape index (κ3) is 3.99. The number of anilines is 1. The molecule has 1 fully saturated rings. The van der Waals surface area contributed by atoms with Crippen molar-refractivity contribution in [1.29, 1.82) is 0 Å². The Hall–Kier alpha value is -2.41. The summed E-state index contributed by atoms with van der Waals surface area (Å²) in [5.41, 5.74) is 1.50. The van der Waals surface area contributed by atoms with Crippen molar-refractivity contribution in [3.8, 4) is 11.5 Å². The average molecular weight is 362 g/mol. The van der Waals surface area contributed by atoms with E-state index in [4.69, 9.17) is 9.47 Å². The van der Waals surface area contributed by atoms with Gasteiger partial charge in [-0.05, 0) is 17.7 Å². The Bertz CT molecular complexity index is 732. The molecule has 1 aliphatic heterocycles. The summed E-state index contributed by atoms with van der Waals surface area (Å²) in [6.07, 6.45) is 0. The smallest absolute Gasteiger partial charge is 0.323 e. The number of rotatable bonds is 4. The first-order valence-electron chi connectivity index (χ1n) is 7.78. The van der Waals surface area contributed by atoms with E-state index in [1.54, 1.807) is 61.2 Å². The monoisotopic (exact) mass is 362 g/mol. The lowest BCUT2D eigenvalue weighted by molar-refractivity contribution is 0.214. The van der Waals surface area contributed by atoms with Crippen molar-refractivity contribution in [3.05, 3.63) is 53.8 Å². The molecule has 2 amide bonds. The number of halogens is 1. The Morgan fingerprint density at radius 2 is 1.80 bits per heavy atom. The number of amides is 2. The number of methoxy groups -OCH3 is 2. The van der Waals surface area contributed by atoms with E-state index >= 15 is 0 Å². The van der Waals surface area contributed by atoms with Crippen molar-refractivity contribution in [1.82, 2.24) is 4.90 Å². The van der Waals surface area contributed by atoms with Crippen LogP contribution in [0.3, 0.4) is 0 Å². The fraction of sp³-hybridized carbons (Fsp3) is 0.278. The molecule has 1 heterocycles. The van der Waals surface area contributed by atoms with Crippen molar-refractivity contribution in [2.75, 3.05) is 31.8 Å². The predicted molar refractivity (Wildman–Crippen MR) is 96.9 cm³/mol. The molecule has 1 atom stereocenters. The molecule has 0 spiro atoms. The topological polar surface area (TPSA) is 50.8 Å². The van der Waals surface area contributed by atoms with Gasteiger partial charge in [-0.3, -0.25) is 0 Å². The van der Waals surface area contributed by atoms with E-state index in [0.717, 1.165) is 11.3 Å². The van der Waals surface area contributed by atoms with Crippen LogP contribution in [-0.2, 0) is 0 Å². The molecule has 3 rings (SSSR count). The van der Waals surface area contributed by atoms with Crippen LogP contribution < -0.4 is 14.8 Å². The maximum Gasteiger partial charge on any atom is 0.323 e. The average Bonchev–Trinajstić information content (AvgIpc) is 3.11. The normalized spacial score (nSPS) is 16.6. The fourth-order valence-corrected chi connectivity index (χ4v) is 3.91. The second kappa shape index (κ2) is 7.65. The number of thioether (sulfide) groups is 1. The first kappa shape index (κ1) is 17.4. The summed E-state index contributed by atoms with van der Waals surface area (Å²) in [5, 5.41) is 2.75. The zero-order chi connectivity index (χ0) is 17.8. The van der Waals surface area contributed by atoms with Gasteiger partial charge in [0, 0.05) is 36.2 Å². The summed E-state index contributed by atoms with van der Waals surface area (Å²) in [6, 6.07) is 11.2. The minimum absolute atomic E-state index is 0.131. The lowest BCUT2D eigenvalue weighted by Gasteiger charge is -2.24. The molecular formula is C18H19FN2O3S. The Morgan fingerprint density at radius 1 is 1.16 bits per heavy atom. The quantitative estimate of drug-likeness (QED) is 0.889. The zero-order valence-electron chi connectivity index (χ0n) is 14.0. The van der Waals surface area contributed by atoms with Gasteiger partial charge in [-0.25, -0.2) is 9.18 Å². The van der Waals surface area contributed by atoms with Crippen LogP contribution in [0.2, 0.25) is 0 Å². The van der Waals surface area contributed by atoms with Gasteiger partial charge in [-0.15, -0.1) is 11.8 Å². The SMILES string of the molecule is COc1cc(NC(=O)N2CCS[C@H]2c2ccc(F)cc2)cc(OC)c1. The van der Waals surface area contributed by atoms with Crippen LogP contribution in [0.4, 0.5) is 14.9 Å². The van der Waals surface area contributed by atoms with E-state index in [-0.39, 0.29) is 17.2 Å². The molecule has 0 bridgehead atoms. The van der Waals surface area contributed by atoms with Gasteiger partial charge in [0.2, 0.25) is 0 Å². The molecule has 132 valence electrons. The summed E-state index contributed by atoms with van der Waals surface area (Å²) in [4.78, 5) is 14.5. The Labute approximate surface area is 150 Å². The van der Waals surface area contributed by atoms with E-state index in [1.165, 1.54) is 12.1 Å². The van der Waals surface area contributed by atoms with E-state index in [1.807, 2.05) is 0 Å². The van der Waals surface area contributed by atoms with E-state index < -0.39 is 0 Å². The van der Waals surface area contributed by atoms with Gasteiger partial charge in [0.05, 0.1) is 14.2 Å². The Balaban J connectivity index is 1.77. The number of benzene rings is 2. The van der Waals surface area contributed by atoms with Crippen molar-refractivity contribution >= 4 is 23.5 Å². The number of ether oxygens (including phenoxy) is 2. The largest absolute Gasteiger partial charge is 0.497 e. The highest BCUT2D eigenvalue weighted by atomic mass is 32.2. The van der Waals surface area contributed by atoms with Crippen LogP contribution in [0.15, 0.2) is 42.5 Å². The highest BCUT2D eigenvalue weighted by Crippen LogP contribution is 2.38. The number of carbonyl (C=O) groups excluding carboxylic acids is 1. The zero-order valence-corrected chi connectivity index (χ0v) is 14.8. The molecule has 0 radical (unpaired) electrons. The standard InChI is InChI=1S/C18H19FN2O3S/c1-23-15-9-14(10-16(11-15)24-2)20-18(22)21-7-8-25-17(21)12-3-5-13(19)6-4-12/h3-6,9-11,17H,7-8H2,1-2H3,(H,20,22)/t17-/m0/s1. The molecule has 25 heavy (non-hydrogen) atoms. The molecule has 2 aromatic carbocycles. The van der Waals surface area contributed by atoms with Crippen LogP contribution in [0.5, 0.6) is 11.5 Å². The second-order valence-corrected chi connectivity index (χ2v) is 6.69. The number of nitrogens with one attached hydrogen (secondary N) is 1. The van der Waals surface area contributed by atoms with E-state index in [0.29, 0.717) is 23.7 Å². The molecule has 0 unspecified atom stereocenters. The van der Waals surface area contributed by atoms with Crippen molar-refractivity contribution in [2.24, 2.45) is 0 Å². The first-order valence-corrected chi connectivity index (χ1v) is 8.83. The van der Waals surface area contributed by atoms with Gasteiger partial charge in [0.25, 0.3) is 0 Å². The van der Waals surface area contributed by atoms with Crippen molar-refractivity contribution < 1.29 is 18.7 Å². The predicted octanol–water partition coefficient (Wildman–Crippen LogP) is 4.12. The molecular weight excluding hydrogens is 343 g/mol. The molecule has 0 saturated carbocycles. The highest BCUT2D eigenvalue weighted by molar-refractivity contribution is 7.99. The fourth-order valence-electron chi connectivity index (χ4n) is 2.66. The van der Waals surface area contributed by atoms with Gasteiger partial charge >= 0.3 is 6.03 Å². The molecule has 1 N–H and O–H groups in total. The van der Waals surface area contributed by atoms with E-state index in [2.05, 4.69) is 5.32 Å². The number of urea groups is 1. The number of nitrogens with zero attached hydrogens (tertiary/aromatic N) is 1. The Morgan fingerprint density at radius 3 is 2.40 bits per heavy atom. The molecule has 1 aliphatic rings. The third-order valence-corrected chi connectivity index (χ3v) is 5.17. The van der Waals surface area contributed by atoms with Crippen molar-refractivity contribution in [2.45, 2.75) is 5.37 Å². The van der Waals surface area contributed by atoms with Gasteiger partial charge in [-0.1, -0.05) is 12.1 Å². The maximum absolute atomic E-state index is 13.1. The molecule has 0 aromatic heterocycles. The van der Waals surface area contributed by atoms with Gasteiger partial charge in [0.1, 0.15) is 22.7 Å². The van der Waals surface area contributed by atoms with Crippen LogP contribution in [0.1, 0.15) is 10.9 Å². The summed E-state index contributed by atoms with van der Waals surface area (Å²) >= 11 is 1.66. The summed E-state index contributed by atoms with van der Waals surface area (Å²) in [5.74, 6) is 1.74. The first-order chi connectivity index (χ1) is 12.1. The van der Waals surface area contributed by atoms with Crippen LogP contribution >= 0.6 is 11.8 Å². The highest BCUT2D eigenvalue weighted by Gasteiger charge is 2.30. The third-order valence-electron chi connectivity index (χ3n) is 3.91. The molecule has 5 nitrogen and oxygen atoms in total. The van der Waals surface area contributed by atoms with Gasteiger partial charge < -0.3 is 19.7 Å². The lowest BCUT2D eigenvalue weighted by atomic mass is 10.2. The molecule has 2 aromatic rings. The van der Waals surface area contributed by atoms with Gasteiger partial charge in [0.15, 0.2) is 0 Å². The van der Waals surface area contributed by atoms with Crippen molar-refractivity contribution in [3.63, 3.8) is 0 Å². The number of carbonyl (C=O) groups is 1. The van der Waals surface area contributed by atoms with Gasteiger partial charge in [-0.2, -0.15) is 0 Å².